The van der Waals surface area contributed by atoms with E-state index in [9.17, 15) is 8.42 Å². The van der Waals surface area contributed by atoms with Crippen molar-refractivity contribution in [3.8, 4) is 10.4 Å². The smallest absolute Gasteiger partial charge is 0.262 e. The van der Waals surface area contributed by atoms with Gasteiger partial charge in [0.05, 0.1) is 22.6 Å². The predicted octanol–water partition coefficient (Wildman–Crippen LogP) is 2.61. The average molecular weight is 338 g/mol. The third-order valence-electron chi connectivity index (χ3n) is 3.54. The van der Waals surface area contributed by atoms with E-state index in [0.29, 0.717) is 18.0 Å². The van der Waals surface area contributed by atoms with Crippen molar-refractivity contribution in [3.05, 3.63) is 35.8 Å². The fourth-order valence-corrected chi connectivity index (χ4v) is 5.46. The molecular formula is C15H18N2O3S2. The van der Waals surface area contributed by atoms with E-state index < -0.39 is 10.0 Å². The number of rotatable bonds is 3. The Morgan fingerprint density at radius 1 is 1.18 bits per heavy atom. The van der Waals surface area contributed by atoms with E-state index in [0.717, 1.165) is 5.56 Å². The third kappa shape index (κ3) is 2.94. The zero-order valence-electron chi connectivity index (χ0n) is 12.5. The molecule has 0 spiro atoms. The van der Waals surface area contributed by atoms with Crippen molar-refractivity contribution >= 4 is 21.4 Å². The maximum absolute atomic E-state index is 12.9. The van der Waals surface area contributed by atoms with Gasteiger partial charge in [-0.1, -0.05) is 30.3 Å². The van der Waals surface area contributed by atoms with Gasteiger partial charge in [-0.05, 0) is 19.4 Å². The molecule has 3 rings (SSSR count). The molecule has 1 fully saturated rings. The molecule has 2 unspecified atom stereocenters. The highest BCUT2D eigenvalue weighted by molar-refractivity contribution is 7.89. The fraction of sp³-hybridized carbons (Fsp3) is 0.400. The molecule has 1 aromatic carbocycles. The van der Waals surface area contributed by atoms with E-state index in [-0.39, 0.29) is 17.2 Å². The lowest BCUT2D eigenvalue weighted by molar-refractivity contribution is -0.0441. The van der Waals surface area contributed by atoms with Gasteiger partial charge >= 0.3 is 0 Å². The van der Waals surface area contributed by atoms with Crippen LogP contribution in [0.1, 0.15) is 13.8 Å². The van der Waals surface area contributed by atoms with Gasteiger partial charge in [0.25, 0.3) is 10.0 Å². The first-order chi connectivity index (χ1) is 10.5. The van der Waals surface area contributed by atoms with Gasteiger partial charge in [-0.15, -0.1) is 11.3 Å². The lowest BCUT2D eigenvalue weighted by Crippen LogP contribution is -2.48. The summed E-state index contributed by atoms with van der Waals surface area (Å²) in [5.41, 5.74) is 2.46. The van der Waals surface area contributed by atoms with Crippen LogP contribution < -0.4 is 0 Å². The minimum atomic E-state index is -3.61. The van der Waals surface area contributed by atoms with Crippen molar-refractivity contribution in [2.24, 2.45) is 0 Å². The Labute approximate surface area is 134 Å². The van der Waals surface area contributed by atoms with Crippen LogP contribution in [0.3, 0.4) is 0 Å². The van der Waals surface area contributed by atoms with Crippen LogP contribution in [-0.4, -0.2) is 43.0 Å². The molecule has 2 aromatic rings. The highest BCUT2D eigenvalue weighted by atomic mass is 32.2. The van der Waals surface area contributed by atoms with Crippen LogP contribution in [0.2, 0.25) is 0 Å². The Balaban J connectivity index is 1.99. The molecule has 1 aliphatic heterocycles. The van der Waals surface area contributed by atoms with Crippen molar-refractivity contribution in [1.29, 1.82) is 0 Å². The number of nitrogens with zero attached hydrogens (tertiary/aromatic N) is 2. The normalized spacial score (nSPS) is 23.5. The van der Waals surface area contributed by atoms with Crippen LogP contribution in [0, 0.1) is 0 Å². The summed E-state index contributed by atoms with van der Waals surface area (Å²) in [6.45, 7) is 4.49. The molecule has 0 saturated carbocycles. The minimum Gasteiger partial charge on any atom is -0.373 e. The number of hydrogen-bond acceptors (Lipinski definition) is 5. The van der Waals surface area contributed by atoms with Gasteiger partial charge < -0.3 is 4.74 Å². The van der Waals surface area contributed by atoms with Crippen LogP contribution in [0.15, 0.2) is 40.9 Å². The maximum atomic E-state index is 12.9. The summed E-state index contributed by atoms with van der Waals surface area (Å²) in [5, 5.41) is 0.144. The second-order valence-electron chi connectivity index (χ2n) is 5.43. The molecule has 5 nitrogen and oxygen atoms in total. The monoisotopic (exact) mass is 338 g/mol. The van der Waals surface area contributed by atoms with E-state index in [2.05, 4.69) is 4.98 Å². The highest BCUT2D eigenvalue weighted by Crippen LogP contribution is 2.33. The zero-order chi connectivity index (χ0) is 15.7. The number of hydrogen-bond donors (Lipinski definition) is 0. The van der Waals surface area contributed by atoms with Crippen LogP contribution in [0.5, 0.6) is 0 Å². The lowest BCUT2D eigenvalue weighted by Gasteiger charge is -2.34. The lowest BCUT2D eigenvalue weighted by atomic mass is 10.2. The number of thiazole rings is 1. The highest BCUT2D eigenvalue weighted by Gasteiger charge is 2.35. The molecule has 22 heavy (non-hydrogen) atoms. The number of sulfonamides is 1. The van der Waals surface area contributed by atoms with Gasteiger partial charge in [0, 0.05) is 13.1 Å². The molecule has 2 heterocycles. The molecule has 1 saturated heterocycles. The van der Waals surface area contributed by atoms with E-state index in [1.165, 1.54) is 15.6 Å². The summed E-state index contributed by atoms with van der Waals surface area (Å²) in [4.78, 5) is 4.83. The molecule has 1 aromatic heterocycles. The molecular weight excluding hydrogens is 320 g/mol. The van der Waals surface area contributed by atoms with Crippen LogP contribution in [-0.2, 0) is 14.8 Å². The first-order valence-corrected chi connectivity index (χ1v) is 9.45. The molecule has 118 valence electrons. The molecule has 0 N–H and O–H groups in total. The Hall–Kier alpha value is -1.28. The van der Waals surface area contributed by atoms with Gasteiger partial charge in [0.15, 0.2) is 5.03 Å². The number of ether oxygens (including phenoxy) is 1. The van der Waals surface area contributed by atoms with E-state index >= 15 is 0 Å². The van der Waals surface area contributed by atoms with Gasteiger partial charge in [-0.25, -0.2) is 13.4 Å². The van der Waals surface area contributed by atoms with Crippen molar-refractivity contribution in [2.45, 2.75) is 31.1 Å². The van der Waals surface area contributed by atoms with Crippen molar-refractivity contribution in [3.63, 3.8) is 0 Å². The SMILES string of the molecule is CC1CN(S(=O)(=O)c2ncsc2-c2ccccc2)CC(C)O1. The minimum absolute atomic E-state index is 0.114. The van der Waals surface area contributed by atoms with Crippen molar-refractivity contribution < 1.29 is 13.2 Å². The summed E-state index contributed by atoms with van der Waals surface area (Å²) >= 11 is 1.35. The summed E-state index contributed by atoms with van der Waals surface area (Å²) in [6.07, 6.45) is -0.227. The van der Waals surface area contributed by atoms with E-state index in [1.54, 1.807) is 5.51 Å². The second kappa shape index (κ2) is 6.08. The molecule has 0 radical (unpaired) electrons. The fourth-order valence-electron chi connectivity index (χ4n) is 2.65. The first kappa shape index (κ1) is 15.6. The summed E-state index contributed by atoms with van der Waals surface area (Å²) < 4.78 is 33.0. The largest absolute Gasteiger partial charge is 0.373 e. The molecule has 0 bridgehead atoms. The third-order valence-corrected chi connectivity index (χ3v) is 6.32. The van der Waals surface area contributed by atoms with Crippen LogP contribution >= 0.6 is 11.3 Å². The van der Waals surface area contributed by atoms with Gasteiger partial charge in [0.1, 0.15) is 0 Å². The molecule has 1 aliphatic rings. The maximum Gasteiger partial charge on any atom is 0.262 e. The second-order valence-corrected chi connectivity index (χ2v) is 8.14. The van der Waals surface area contributed by atoms with Crippen molar-refractivity contribution in [2.75, 3.05) is 13.1 Å². The Bertz CT molecular complexity index is 733. The van der Waals surface area contributed by atoms with E-state index in [4.69, 9.17) is 4.74 Å². The number of benzene rings is 1. The Morgan fingerprint density at radius 3 is 2.45 bits per heavy atom. The van der Waals surface area contributed by atoms with Crippen molar-refractivity contribution in [1.82, 2.24) is 9.29 Å². The topological polar surface area (TPSA) is 59.5 Å². The molecule has 0 aliphatic carbocycles. The van der Waals surface area contributed by atoms with E-state index in [1.807, 2.05) is 44.2 Å². The van der Waals surface area contributed by atoms with Crippen LogP contribution in [0.25, 0.3) is 10.4 Å². The quantitative estimate of drug-likeness (QED) is 0.863. The summed E-state index contributed by atoms with van der Waals surface area (Å²) in [7, 11) is -3.61. The number of morpholine rings is 1. The number of aromatic nitrogens is 1. The summed E-state index contributed by atoms with van der Waals surface area (Å²) in [6, 6.07) is 9.49. The van der Waals surface area contributed by atoms with Crippen LogP contribution in [0.4, 0.5) is 0 Å². The Morgan fingerprint density at radius 2 is 1.82 bits per heavy atom. The van der Waals surface area contributed by atoms with Gasteiger partial charge in [0.2, 0.25) is 0 Å². The molecule has 0 amide bonds. The summed E-state index contributed by atoms with van der Waals surface area (Å²) in [5.74, 6) is 0. The standard InChI is InChI=1S/C15H18N2O3S2/c1-11-8-17(9-12(2)20-11)22(18,19)15-14(21-10-16-15)13-6-4-3-5-7-13/h3-7,10-12H,8-9H2,1-2H3. The molecule has 2 atom stereocenters. The molecule has 7 heteroatoms. The van der Waals surface area contributed by atoms with Gasteiger partial charge in [-0.2, -0.15) is 4.31 Å². The van der Waals surface area contributed by atoms with Gasteiger partial charge in [-0.3, -0.25) is 0 Å². The average Bonchev–Trinajstić information content (AvgIpc) is 2.97. The Kier molecular flexibility index (Phi) is 4.31. The first-order valence-electron chi connectivity index (χ1n) is 7.13. The zero-order valence-corrected chi connectivity index (χ0v) is 14.1. The predicted molar refractivity (Wildman–Crippen MR) is 86.3 cm³/mol.